The lowest BCUT2D eigenvalue weighted by Crippen LogP contribution is -2.41. The van der Waals surface area contributed by atoms with Gasteiger partial charge in [0.1, 0.15) is 5.75 Å². The van der Waals surface area contributed by atoms with Gasteiger partial charge in [-0.25, -0.2) is 4.68 Å². The molecule has 0 saturated carbocycles. The number of ether oxygens (including phenoxy) is 1. The normalized spacial score (nSPS) is 15.8. The lowest BCUT2D eigenvalue weighted by atomic mass is 10.1. The molecule has 0 bridgehead atoms. The van der Waals surface area contributed by atoms with Crippen molar-refractivity contribution in [3.63, 3.8) is 0 Å². The highest BCUT2D eigenvalue weighted by Crippen LogP contribution is 2.22. The molecular weight excluding hydrogens is 356 g/mol. The minimum Gasteiger partial charge on any atom is -0.497 e. The third-order valence-corrected chi connectivity index (χ3v) is 5.21. The first kappa shape index (κ1) is 19.9. The van der Waals surface area contributed by atoms with Crippen LogP contribution < -0.4 is 10.1 Å². The summed E-state index contributed by atoms with van der Waals surface area (Å²) in [6, 6.07) is 7.47. The Hall–Kier alpha value is -2.83. The molecule has 0 unspecified atom stereocenters. The van der Waals surface area contributed by atoms with Crippen molar-refractivity contribution in [2.24, 2.45) is 0 Å². The van der Waals surface area contributed by atoms with Gasteiger partial charge in [-0.3, -0.25) is 9.59 Å². The van der Waals surface area contributed by atoms with Gasteiger partial charge in [-0.2, -0.15) is 5.10 Å². The van der Waals surface area contributed by atoms with E-state index in [0.717, 1.165) is 42.0 Å². The molecule has 1 aromatic heterocycles. The predicted molar refractivity (Wildman–Crippen MR) is 106 cm³/mol. The average Bonchev–Trinajstić information content (AvgIpc) is 2.96. The summed E-state index contributed by atoms with van der Waals surface area (Å²) in [5, 5.41) is 7.47. The zero-order chi connectivity index (χ0) is 20.1. The van der Waals surface area contributed by atoms with Crippen LogP contribution in [0.1, 0.15) is 49.9 Å². The van der Waals surface area contributed by atoms with Gasteiger partial charge in [-0.05, 0) is 51.0 Å². The highest BCUT2D eigenvalue weighted by Gasteiger charge is 2.21. The molecule has 1 aliphatic rings. The standard InChI is InChI=1S/C21H28N4O3/c1-15(23-20(26)14-24-12-6-4-5-7-21(24)27)19-13-22-25(16(19)2)17-8-10-18(28-3)11-9-17/h8-11,13,15H,4-7,12,14H2,1-3H3,(H,23,26)/t15-/m0/s1. The second-order valence-corrected chi connectivity index (χ2v) is 7.21. The molecule has 0 aliphatic carbocycles. The maximum atomic E-state index is 12.5. The maximum Gasteiger partial charge on any atom is 0.240 e. The number of carbonyl (C=O) groups is 2. The fraction of sp³-hybridized carbons (Fsp3) is 0.476. The first-order chi connectivity index (χ1) is 13.5. The number of carbonyl (C=O) groups excluding carboxylic acids is 2. The van der Waals surface area contributed by atoms with E-state index in [2.05, 4.69) is 10.4 Å². The Morgan fingerprint density at radius 2 is 2.00 bits per heavy atom. The number of nitrogens with one attached hydrogen (secondary N) is 1. The predicted octanol–water partition coefficient (Wildman–Crippen LogP) is 2.77. The number of methoxy groups -OCH3 is 1. The van der Waals surface area contributed by atoms with E-state index < -0.39 is 0 Å². The highest BCUT2D eigenvalue weighted by atomic mass is 16.5. The lowest BCUT2D eigenvalue weighted by Gasteiger charge is -2.21. The molecule has 7 heteroatoms. The Morgan fingerprint density at radius 1 is 1.25 bits per heavy atom. The van der Waals surface area contributed by atoms with Crippen LogP contribution in [0.2, 0.25) is 0 Å². The zero-order valence-electron chi connectivity index (χ0n) is 16.8. The average molecular weight is 384 g/mol. The first-order valence-electron chi connectivity index (χ1n) is 9.75. The highest BCUT2D eigenvalue weighted by molar-refractivity contribution is 5.85. The van der Waals surface area contributed by atoms with Crippen LogP contribution in [0.25, 0.3) is 5.69 Å². The van der Waals surface area contributed by atoms with Crippen LogP contribution in [0.5, 0.6) is 5.75 Å². The molecule has 1 aliphatic heterocycles. The van der Waals surface area contributed by atoms with Gasteiger partial charge < -0.3 is 15.0 Å². The second kappa shape index (κ2) is 8.91. The summed E-state index contributed by atoms with van der Waals surface area (Å²) in [5.74, 6) is 0.723. The van der Waals surface area contributed by atoms with Crippen LogP contribution >= 0.6 is 0 Å². The summed E-state index contributed by atoms with van der Waals surface area (Å²) >= 11 is 0. The van der Waals surface area contributed by atoms with E-state index in [0.29, 0.717) is 13.0 Å². The lowest BCUT2D eigenvalue weighted by molar-refractivity contribution is -0.135. The molecule has 7 nitrogen and oxygen atoms in total. The van der Waals surface area contributed by atoms with Crippen LogP contribution in [0.4, 0.5) is 0 Å². The van der Waals surface area contributed by atoms with E-state index >= 15 is 0 Å². The first-order valence-corrected chi connectivity index (χ1v) is 9.75. The largest absolute Gasteiger partial charge is 0.497 e. The summed E-state index contributed by atoms with van der Waals surface area (Å²) in [4.78, 5) is 26.2. The Kier molecular flexibility index (Phi) is 6.34. The number of nitrogens with zero attached hydrogens (tertiary/aromatic N) is 3. The van der Waals surface area contributed by atoms with Crippen molar-refractivity contribution >= 4 is 11.8 Å². The Labute approximate surface area is 165 Å². The molecular formula is C21H28N4O3. The molecule has 1 fully saturated rings. The summed E-state index contributed by atoms with van der Waals surface area (Å²) in [6.45, 7) is 4.70. The molecule has 3 rings (SSSR count). The van der Waals surface area contributed by atoms with E-state index in [4.69, 9.17) is 4.74 Å². The van der Waals surface area contributed by atoms with Crippen molar-refractivity contribution < 1.29 is 14.3 Å². The fourth-order valence-corrected chi connectivity index (χ4v) is 3.58. The Balaban J connectivity index is 1.65. The van der Waals surface area contributed by atoms with Gasteiger partial charge in [0.15, 0.2) is 0 Å². The fourth-order valence-electron chi connectivity index (χ4n) is 3.58. The summed E-state index contributed by atoms with van der Waals surface area (Å²) in [7, 11) is 1.63. The summed E-state index contributed by atoms with van der Waals surface area (Å²) in [5.41, 5.74) is 2.84. The molecule has 1 atom stereocenters. The van der Waals surface area contributed by atoms with Gasteiger partial charge in [0.05, 0.1) is 31.6 Å². The molecule has 1 N–H and O–H groups in total. The third-order valence-electron chi connectivity index (χ3n) is 5.21. The van der Waals surface area contributed by atoms with Crippen LogP contribution in [0.15, 0.2) is 30.5 Å². The zero-order valence-corrected chi connectivity index (χ0v) is 16.8. The van der Waals surface area contributed by atoms with Crippen molar-refractivity contribution in [2.75, 3.05) is 20.2 Å². The molecule has 28 heavy (non-hydrogen) atoms. The number of benzene rings is 1. The number of rotatable bonds is 6. The molecule has 2 aromatic rings. The number of amides is 2. The van der Waals surface area contributed by atoms with Crippen molar-refractivity contribution in [3.8, 4) is 11.4 Å². The third kappa shape index (κ3) is 4.52. The van der Waals surface area contributed by atoms with Crippen LogP contribution in [0.3, 0.4) is 0 Å². The van der Waals surface area contributed by atoms with Crippen molar-refractivity contribution in [1.82, 2.24) is 20.0 Å². The Bertz CT molecular complexity index is 829. The van der Waals surface area contributed by atoms with E-state index in [1.807, 2.05) is 42.8 Å². The van der Waals surface area contributed by atoms with Crippen LogP contribution in [-0.2, 0) is 9.59 Å². The number of likely N-dealkylation sites (tertiary alicyclic amines) is 1. The van der Waals surface area contributed by atoms with Crippen molar-refractivity contribution in [3.05, 3.63) is 41.7 Å². The van der Waals surface area contributed by atoms with E-state index in [-0.39, 0.29) is 24.4 Å². The van der Waals surface area contributed by atoms with Gasteiger partial charge in [0.2, 0.25) is 11.8 Å². The van der Waals surface area contributed by atoms with E-state index in [9.17, 15) is 9.59 Å². The Morgan fingerprint density at radius 3 is 2.71 bits per heavy atom. The topological polar surface area (TPSA) is 76.5 Å². The van der Waals surface area contributed by atoms with Gasteiger partial charge in [0.25, 0.3) is 0 Å². The van der Waals surface area contributed by atoms with Crippen LogP contribution in [-0.4, -0.2) is 46.7 Å². The minimum atomic E-state index is -0.193. The van der Waals surface area contributed by atoms with Gasteiger partial charge in [0, 0.05) is 24.2 Å². The minimum absolute atomic E-state index is 0.0730. The van der Waals surface area contributed by atoms with E-state index in [1.54, 1.807) is 18.2 Å². The van der Waals surface area contributed by atoms with Crippen molar-refractivity contribution in [1.29, 1.82) is 0 Å². The summed E-state index contributed by atoms with van der Waals surface area (Å²) < 4.78 is 7.04. The SMILES string of the molecule is COc1ccc(-n2ncc([C@H](C)NC(=O)CN3CCCCCC3=O)c2C)cc1. The van der Waals surface area contributed by atoms with E-state index in [1.165, 1.54) is 0 Å². The molecule has 150 valence electrons. The molecule has 0 spiro atoms. The van der Waals surface area contributed by atoms with Gasteiger partial charge in [-0.15, -0.1) is 0 Å². The number of hydrogen-bond acceptors (Lipinski definition) is 4. The quantitative estimate of drug-likeness (QED) is 0.831. The van der Waals surface area contributed by atoms with Crippen molar-refractivity contribution in [2.45, 2.75) is 45.6 Å². The molecule has 1 saturated heterocycles. The molecule has 2 amide bonds. The van der Waals surface area contributed by atoms with Crippen LogP contribution in [0, 0.1) is 6.92 Å². The monoisotopic (exact) mass is 384 g/mol. The van der Waals surface area contributed by atoms with Gasteiger partial charge in [-0.1, -0.05) is 6.42 Å². The molecule has 1 aromatic carbocycles. The van der Waals surface area contributed by atoms with Gasteiger partial charge >= 0.3 is 0 Å². The molecule has 0 radical (unpaired) electrons. The maximum absolute atomic E-state index is 12.5. The molecule has 2 heterocycles. The second-order valence-electron chi connectivity index (χ2n) is 7.21. The smallest absolute Gasteiger partial charge is 0.240 e. The summed E-state index contributed by atoms with van der Waals surface area (Å²) in [6.07, 6.45) is 5.24. The number of aromatic nitrogens is 2. The number of hydrogen-bond donors (Lipinski definition) is 1.